The Morgan fingerprint density at radius 1 is 1.35 bits per heavy atom. The van der Waals surface area contributed by atoms with Crippen LogP contribution in [0.15, 0.2) is 35.7 Å². The first-order valence-electron chi connectivity index (χ1n) is 5.45. The average molecular weight is 242 g/mol. The van der Waals surface area contributed by atoms with E-state index in [1.165, 1.54) is 10.4 Å². The molecular formula is C14H14N2S. The molecule has 86 valence electrons. The molecule has 1 heterocycles. The van der Waals surface area contributed by atoms with Gasteiger partial charge in [-0.15, -0.1) is 11.3 Å². The van der Waals surface area contributed by atoms with Crippen molar-refractivity contribution in [2.75, 3.05) is 11.9 Å². The molecule has 0 amide bonds. The van der Waals surface area contributed by atoms with Crippen molar-refractivity contribution in [3.8, 4) is 6.07 Å². The molecule has 0 aliphatic rings. The van der Waals surface area contributed by atoms with Crippen molar-refractivity contribution >= 4 is 17.0 Å². The molecule has 0 saturated carbocycles. The van der Waals surface area contributed by atoms with Crippen molar-refractivity contribution in [3.05, 3.63) is 51.7 Å². The van der Waals surface area contributed by atoms with Gasteiger partial charge in [0.15, 0.2) is 0 Å². The number of hydrogen-bond donors (Lipinski definition) is 0. The Hall–Kier alpha value is -1.79. The van der Waals surface area contributed by atoms with Gasteiger partial charge in [-0.3, -0.25) is 0 Å². The average Bonchev–Trinajstić information content (AvgIpc) is 2.81. The van der Waals surface area contributed by atoms with Crippen LogP contribution in [-0.4, -0.2) is 7.05 Å². The number of anilines is 1. The topological polar surface area (TPSA) is 27.0 Å². The van der Waals surface area contributed by atoms with Gasteiger partial charge in [0.1, 0.15) is 6.07 Å². The third-order valence-electron chi connectivity index (χ3n) is 2.66. The van der Waals surface area contributed by atoms with E-state index in [2.05, 4.69) is 34.5 Å². The van der Waals surface area contributed by atoms with Crippen LogP contribution in [0.25, 0.3) is 0 Å². The normalized spacial score (nSPS) is 9.94. The van der Waals surface area contributed by atoms with Crippen molar-refractivity contribution in [3.63, 3.8) is 0 Å². The molecule has 2 nitrogen and oxygen atoms in total. The lowest BCUT2D eigenvalue weighted by Crippen LogP contribution is -2.16. The minimum Gasteiger partial charge on any atom is -0.368 e. The number of aryl methyl sites for hydroxylation is 1. The third kappa shape index (κ3) is 2.66. The van der Waals surface area contributed by atoms with Crippen LogP contribution in [0.2, 0.25) is 0 Å². The predicted octanol–water partition coefficient (Wildman–Crippen LogP) is 3.56. The highest BCUT2D eigenvalue weighted by atomic mass is 32.1. The summed E-state index contributed by atoms with van der Waals surface area (Å²) in [5.41, 5.74) is 2.91. The number of rotatable bonds is 3. The Kier molecular flexibility index (Phi) is 3.46. The first kappa shape index (κ1) is 11.7. The Labute approximate surface area is 106 Å². The number of nitrogens with zero attached hydrogens (tertiary/aromatic N) is 2. The van der Waals surface area contributed by atoms with Gasteiger partial charge in [0.25, 0.3) is 0 Å². The fourth-order valence-corrected chi connectivity index (χ4v) is 2.53. The fraction of sp³-hybridized carbons (Fsp3) is 0.214. The minimum atomic E-state index is 0.731. The largest absolute Gasteiger partial charge is 0.368 e. The van der Waals surface area contributed by atoms with E-state index in [-0.39, 0.29) is 0 Å². The lowest BCUT2D eigenvalue weighted by atomic mass is 10.1. The molecule has 0 unspecified atom stereocenters. The van der Waals surface area contributed by atoms with Crippen LogP contribution < -0.4 is 4.90 Å². The van der Waals surface area contributed by atoms with Gasteiger partial charge in [-0.2, -0.15) is 5.26 Å². The van der Waals surface area contributed by atoms with E-state index in [1.807, 2.05) is 26.1 Å². The number of nitriles is 1. The lowest BCUT2D eigenvalue weighted by Gasteiger charge is -2.20. The molecule has 1 aromatic carbocycles. The Morgan fingerprint density at radius 2 is 2.18 bits per heavy atom. The van der Waals surface area contributed by atoms with Crippen LogP contribution in [0.4, 0.5) is 5.69 Å². The molecule has 0 aliphatic carbocycles. The summed E-state index contributed by atoms with van der Waals surface area (Å²) >= 11 is 1.74. The van der Waals surface area contributed by atoms with Crippen LogP contribution in [-0.2, 0) is 6.54 Å². The molecule has 17 heavy (non-hydrogen) atoms. The Balaban J connectivity index is 2.27. The van der Waals surface area contributed by atoms with Gasteiger partial charge >= 0.3 is 0 Å². The zero-order valence-corrected chi connectivity index (χ0v) is 10.8. The second-order valence-electron chi connectivity index (χ2n) is 4.07. The summed E-state index contributed by atoms with van der Waals surface area (Å²) in [6, 6.07) is 12.3. The van der Waals surface area contributed by atoms with E-state index in [0.717, 1.165) is 17.8 Å². The van der Waals surface area contributed by atoms with Crippen LogP contribution in [0.5, 0.6) is 0 Å². The van der Waals surface area contributed by atoms with E-state index in [4.69, 9.17) is 5.26 Å². The van der Waals surface area contributed by atoms with Crippen molar-refractivity contribution in [2.24, 2.45) is 0 Å². The Bertz CT molecular complexity index is 538. The lowest BCUT2D eigenvalue weighted by molar-refractivity contribution is 0.936. The van der Waals surface area contributed by atoms with Gasteiger partial charge < -0.3 is 4.90 Å². The van der Waals surface area contributed by atoms with Crippen molar-refractivity contribution in [1.29, 1.82) is 5.26 Å². The van der Waals surface area contributed by atoms with Gasteiger partial charge in [-0.1, -0.05) is 12.1 Å². The van der Waals surface area contributed by atoms with E-state index in [1.54, 1.807) is 11.3 Å². The molecule has 3 heteroatoms. The highest BCUT2D eigenvalue weighted by Crippen LogP contribution is 2.23. The van der Waals surface area contributed by atoms with E-state index < -0.39 is 0 Å². The highest BCUT2D eigenvalue weighted by Gasteiger charge is 2.08. The molecule has 0 radical (unpaired) electrons. The van der Waals surface area contributed by atoms with Gasteiger partial charge in [0.05, 0.1) is 17.8 Å². The third-order valence-corrected chi connectivity index (χ3v) is 3.52. The monoisotopic (exact) mass is 242 g/mol. The first-order chi connectivity index (χ1) is 8.20. The van der Waals surface area contributed by atoms with Crippen molar-refractivity contribution < 1.29 is 0 Å². The summed E-state index contributed by atoms with van der Waals surface area (Å²) in [6.45, 7) is 2.89. The van der Waals surface area contributed by atoms with Crippen LogP contribution in [0.3, 0.4) is 0 Å². The van der Waals surface area contributed by atoms with Crippen LogP contribution in [0, 0.1) is 18.3 Å². The maximum absolute atomic E-state index is 9.11. The second kappa shape index (κ2) is 5.03. The fourth-order valence-electron chi connectivity index (χ4n) is 1.77. The second-order valence-corrected chi connectivity index (χ2v) is 5.10. The van der Waals surface area contributed by atoms with E-state index >= 15 is 0 Å². The molecular weight excluding hydrogens is 228 g/mol. The molecule has 2 rings (SSSR count). The van der Waals surface area contributed by atoms with Gasteiger partial charge in [0, 0.05) is 11.9 Å². The summed E-state index contributed by atoms with van der Waals surface area (Å²) in [4.78, 5) is 3.43. The molecule has 0 spiro atoms. The molecule has 0 aliphatic heterocycles. The zero-order valence-electron chi connectivity index (χ0n) is 9.97. The summed E-state index contributed by atoms with van der Waals surface area (Å²) < 4.78 is 0. The first-order valence-corrected chi connectivity index (χ1v) is 6.33. The predicted molar refractivity (Wildman–Crippen MR) is 72.3 cm³/mol. The maximum Gasteiger partial charge on any atom is 0.101 e. The highest BCUT2D eigenvalue weighted by molar-refractivity contribution is 7.09. The van der Waals surface area contributed by atoms with E-state index in [9.17, 15) is 0 Å². The maximum atomic E-state index is 9.11. The van der Waals surface area contributed by atoms with Gasteiger partial charge in [0.2, 0.25) is 0 Å². The summed E-state index contributed by atoms with van der Waals surface area (Å²) in [6.07, 6.45) is 0. The minimum absolute atomic E-state index is 0.731. The molecule has 0 bridgehead atoms. The number of hydrogen-bond acceptors (Lipinski definition) is 3. The number of benzene rings is 1. The molecule has 1 aromatic heterocycles. The molecule has 0 saturated heterocycles. The van der Waals surface area contributed by atoms with Gasteiger partial charge in [-0.05, 0) is 36.1 Å². The standard InChI is InChI=1S/C14H14N2S/c1-11-5-6-12(9-15)14(8-11)16(2)10-13-4-3-7-17-13/h3-8H,10H2,1-2H3. The van der Waals surface area contributed by atoms with Crippen molar-refractivity contribution in [1.82, 2.24) is 0 Å². The zero-order chi connectivity index (χ0) is 12.3. The molecule has 0 N–H and O–H groups in total. The quantitative estimate of drug-likeness (QED) is 0.822. The van der Waals surface area contributed by atoms with Gasteiger partial charge in [-0.25, -0.2) is 0 Å². The summed E-state index contributed by atoms with van der Waals surface area (Å²) in [7, 11) is 2.02. The smallest absolute Gasteiger partial charge is 0.101 e. The molecule has 0 fully saturated rings. The van der Waals surface area contributed by atoms with Crippen molar-refractivity contribution in [2.45, 2.75) is 13.5 Å². The summed E-state index contributed by atoms with van der Waals surface area (Å²) in [5, 5.41) is 11.2. The summed E-state index contributed by atoms with van der Waals surface area (Å²) in [5.74, 6) is 0. The van der Waals surface area contributed by atoms with E-state index in [0.29, 0.717) is 0 Å². The SMILES string of the molecule is Cc1ccc(C#N)c(N(C)Cc2cccs2)c1. The van der Waals surface area contributed by atoms with Crippen LogP contribution in [0.1, 0.15) is 16.0 Å². The number of thiophene rings is 1. The Morgan fingerprint density at radius 3 is 2.82 bits per heavy atom. The molecule has 2 aromatic rings. The van der Waals surface area contributed by atoms with Crippen LogP contribution >= 0.6 is 11.3 Å². The molecule has 0 atom stereocenters.